The molecule has 1 atom stereocenters. The molecule has 0 aliphatic carbocycles. The van der Waals surface area contributed by atoms with Crippen molar-refractivity contribution >= 4 is 45.2 Å². The van der Waals surface area contributed by atoms with Crippen LogP contribution in [0.15, 0.2) is 59.6 Å². The van der Waals surface area contributed by atoms with Crippen LogP contribution in [0.1, 0.15) is 0 Å². The zero-order valence-corrected chi connectivity index (χ0v) is 22.1. The molecule has 1 aliphatic heterocycles. The topological polar surface area (TPSA) is 124 Å². The van der Waals surface area contributed by atoms with Crippen LogP contribution in [0.3, 0.4) is 0 Å². The molecule has 3 N–H and O–H groups in total. The van der Waals surface area contributed by atoms with Crippen molar-refractivity contribution in [2.45, 2.75) is 6.04 Å². The third-order valence-electron chi connectivity index (χ3n) is 7.16. The monoisotopic (exact) mass is 544 g/mol. The molecule has 2 aromatic carbocycles. The van der Waals surface area contributed by atoms with Gasteiger partial charge in [0.1, 0.15) is 17.3 Å². The summed E-state index contributed by atoms with van der Waals surface area (Å²) in [5.41, 5.74) is 3.97. The number of halogens is 1. The van der Waals surface area contributed by atoms with Crippen LogP contribution in [-0.4, -0.2) is 88.6 Å². The van der Waals surface area contributed by atoms with E-state index in [-0.39, 0.29) is 24.2 Å². The molecule has 12 heteroatoms. The lowest BCUT2D eigenvalue weighted by molar-refractivity contribution is -0.124. The van der Waals surface area contributed by atoms with Gasteiger partial charge in [0.2, 0.25) is 11.9 Å². The largest absolute Gasteiger partial charge is 0.443 e. The lowest BCUT2D eigenvalue weighted by Gasteiger charge is -2.36. The number of para-hydroxylation sites is 1. The van der Waals surface area contributed by atoms with Crippen LogP contribution in [0.2, 0.25) is 0 Å². The minimum atomic E-state index is -0.567. The van der Waals surface area contributed by atoms with Crippen LogP contribution in [0.25, 0.3) is 33.3 Å². The number of oxazole rings is 1. The van der Waals surface area contributed by atoms with Crippen molar-refractivity contribution < 1.29 is 18.3 Å². The van der Waals surface area contributed by atoms with Crippen LogP contribution in [-0.2, 0) is 9.53 Å². The number of likely N-dealkylation sites (N-methyl/N-ethyl adjacent to an activating group) is 1. The highest BCUT2D eigenvalue weighted by molar-refractivity contribution is 6.06. The number of piperazine rings is 1. The van der Waals surface area contributed by atoms with Gasteiger partial charge in [0.15, 0.2) is 17.8 Å². The number of hydrogen-bond donors (Lipinski definition) is 3. The summed E-state index contributed by atoms with van der Waals surface area (Å²) in [6.45, 7) is 3.63. The average Bonchev–Trinajstić information content (AvgIpc) is 3.61. The maximum Gasteiger partial charge on any atom is 0.244 e. The lowest BCUT2D eigenvalue weighted by Crippen LogP contribution is -2.54. The molecule has 5 aromatic rings. The summed E-state index contributed by atoms with van der Waals surface area (Å²) in [5, 5.41) is 6.87. The highest BCUT2D eigenvalue weighted by Crippen LogP contribution is 2.33. The van der Waals surface area contributed by atoms with Crippen molar-refractivity contribution in [3.8, 4) is 11.3 Å². The van der Waals surface area contributed by atoms with Gasteiger partial charge >= 0.3 is 0 Å². The summed E-state index contributed by atoms with van der Waals surface area (Å²) in [6.07, 6.45) is 4.19. The van der Waals surface area contributed by atoms with Gasteiger partial charge in [-0.25, -0.2) is 19.3 Å². The van der Waals surface area contributed by atoms with Gasteiger partial charge in [-0.15, -0.1) is 0 Å². The number of nitrogens with zero attached hydrogens (tertiary/aromatic N) is 5. The number of benzene rings is 2. The van der Waals surface area contributed by atoms with Gasteiger partial charge in [0.05, 0.1) is 24.0 Å². The fourth-order valence-electron chi connectivity index (χ4n) is 4.99. The maximum absolute atomic E-state index is 15.0. The van der Waals surface area contributed by atoms with E-state index in [0.717, 1.165) is 32.4 Å². The van der Waals surface area contributed by atoms with Crippen molar-refractivity contribution in [3.63, 3.8) is 0 Å². The smallest absolute Gasteiger partial charge is 0.244 e. The van der Waals surface area contributed by atoms with Gasteiger partial charge in [-0.1, -0.05) is 12.1 Å². The number of rotatable bonds is 8. The Morgan fingerprint density at radius 2 is 2.05 bits per heavy atom. The Balaban J connectivity index is 1.26. The number of methoxy groups -OCH3 is 1. The third kappa shape index (κ3) is 5.11. The van der Waals surface area contributed by atoms with Crippen molar-refractivity contribution in [2.24, 2.45) is 0 Å². The molecular formula is C28H29FN8O3. The Kier molecular flexibility index (Phi) is 7.11. The molecule has 1 saturated heterocycles. The lowest BCUT2D eigenvalue weighted by atomic mass is 10.1. The molecule has 0 unspecified atom stereocenters. The highest BCUT2D eigenvalue weighted by atomic mass is 19.1. The van der Waals surface area contributed by atoms with Crippen molar-refractivity contribution in [1.29, 1.82) is 0 Å². The van der Waals surface area contributed by atoms with E-state index >= 15 is 4.39 Å². The minimum Gasteiger partial charge on any atom is -0.443 e. The molecule has 40 heavy (non-hydrogen) atoms. The number of fused-ring (bicyclic) bond motifs is 2. The summed E-state index contributed by atoms with van der Waals surface area (Å²) < 4.78 is 25.7. The first kappa shape index (κ1) is 25.9. The molecule has 1 fully saturated rings. The molecule has 0 spiro atoms. The van der Waals surface area contributed by atoms with E-state index in [1.165, 1.54) is 6.39 Å². The number of aromatic amines is 1. The van der Waals surface area contributed by atoms with Crippen molar-refractivity contribution in [1.82, 2.24) is 29.7 Å². The van der Waals surface area contributed by atoms with Crippen LogP contribution in [0.4, 0.5) is 21.7 Å². The molecule has 0 bridgehead atoms. The van der Waals surface area contributed by atoms with Crippen LogP contribution in [0, 0.1) is 5.82 Å². The quantitative estimate of drug-likeness (QED) is 0.267. The van der Waals surface area contributed by atoms with Gasteiger partial charge in [0, 0.05) is 56.1 Å². The molecule has 206 valence electrons. The predicted octanol–water partition coefficient (Wildman–Crippen LogP) is 3.85. The van der Waals surface area contributed by atoms with Crippen molar-refractivity contribution in [3.05, 3.63) is 61.0 Å². The Morgan fingerprint density at radius 3 is 2.88 bits per heavy atom. The van der Waals surface area contributed by atoms with E-state index in [0.29, 0.717) is 38.9 Å². The first-order valence-electron chi connectivity index (χ1n) is 13.0. The average molecular weight is 545 g/mol. The molecule has 0 radical (unpaired) electrons. The molecule has 4 heterocycles. The first-order chi connectivity index (χ1) is 19.5. The second kappa shape index (κ2) is 11.0. The fourth-order valence-corrected chi connectivity index (χ4v) is 4.99. The molecule has 1 aliphatic rings. The van der Waals surface area contributed by atoms with Gasteiger partial charge in [-0.3, -0.25) is 9.69 Å². The second-order valence-electron chi connectivity index (χ2n) is 9.78. The SMILES string of the molecule is COC[C@H](C(=O)Nc1cccc2c(-c3nc(Nc4ccc5ocnc5c4)ncc3F)c[nH]c12)N1CCN(C)CC1. The second-order valence-corrected chi connectivity index (χ2v) is 9.78. The van der Waals surface area contributed by atoms with E-state index in [2.05, 4.69) is 47.4 Å². The van der Waals surface area contributed by atoms with E-state index < -0.39 is 11.9 Å². The Bertz CT molecular complexity index is 1660. The predicted molar refractivity (Wildman–Crippen MR) is 150 cm³/mol. The van der Waals surface area contributed by atoms with E-state index in [1.807, 2.05) is 18.2 Å². The van der Waals surface area contributed by atoms with E-state index in [9.17, 15) is 4.79 Å². The molecule has 3 aromatic heterocycles. The summed E-state index contributed by atoms with van der Waals surface area (Å²) in [4.78, 5) is 33.7. The summed E-state index contributed by atoms with van der Waals surface area (Å²) in [6, 6.07) is 10.5. The first-order valence-corrected chi connectivity index (χ1v) is 13.0. The van der Waals surface area contributed by atoms with E-state index in [1.54, 1.807) is 31.5 Å². The number of amides is 1. The van der Waals surface area contributed by atoms with Gasteiger partial charge in [0.25, 0.3) is 0 Å². The zero-order valence-electron chi connectivity index (χ0n) is 22.1. The number of ether oxygens (including phenoxy) is 1. The highest BCUT2D eigenvalue weighted by Gasteiger charge is 2.29. The number of H-pyrrole nitrogens is 1. The molecular weight excluding hydrogens is 515 g/mol. The summed E-state index contributed by atoms with van der Waals surface area (Å²) in [7, 11) is 3.67. The van der Waals surface area contributed by atoms with Crippen LogP contribution < -0.4 is 10.6 Å². The summed E-state index contributed by atoms with van der Waals surface area (Å²) >= 11 is 0. The number of aromatic nitrogens is 4. The van der Waals surface area contributed by atoms with E-state index in [4.69, 9.17) is 9.15 Å². The van der Waals surface area contributed by atoms with Gasteiger partial charge in [-0.2, -0.15) is 0 Å². The van der Waals surface area contributed by atoms with Crippen LogP contribution in [0.5, 0.6) is 0 Å². The number of carbonyl (C=O) groups excluding carboxylic acids is 1. The van der Waals surface area contributed by atoms with Gasteiger partial charge < -0.3 is 29.7 Å². The maximum atomic E-state index is 15.0. The molecule has 6 rings (SSSR count). The zero-order chi connectivity index (χ0) is 27.6. The number of nitrogens with one attached hydrogen (secondary N) is 3. The number of carbonyl (C=O) groups is 1. The Labute approximate surface area is 229 Å². The summed E-state index contributed by atoms with van der Waals surface area (Å²) in [5.74, 6) is -0.491. The number of hydrogen-bond acceptors (Lipinski definition) is 9. The molecule has 0 saturated carbocycles. The fraction of sp³-hybridized carbons (Fsp3) is 0.286. The minimum absolute atomic E-state index is 0.129. The van der Waals surface area contributed by atoms with Crippen LogP contribution >= 0.6 is 0 Å². The normalized spacial score (nSPS) is 15.5. The molecule has 1 amide bonds. The third-order valence-corrected chi connectivity index (χ3v) is 7.16. The Hall–Kier alpha value is -4.39. The van der Waals surface area contributed by atoms with Crippen molar-refractivity contribution in [2.75, 3.05) is 57.6 Å². The Morgan fingerprint density at radius 1 is 1.20 bits per heavy atom. The van der Waals surface area contributed by atoms with Gasteiger partial charge in [-0.05, 0) is 31.3 Å². The standard InChI is InChI=1S/C28H29FN8O3/c1-36-8-10-37(11-9-36)23(15-39-2)27(38)34-21-5-3-4-18-19(13-30-26(18)21)25-20(29)14-31-28(35-25)33-17-6-7-24-22(12-17)32-16-40-24/h3-7,12-14,16,23,30H,8-11,15H2,1-2H3,(H,34,38)(H,31,33,35)/t23-/m1/s1. The number of anilines is 3. The molecule has 11 nitrogen and oxygen atoms in total.